The van der Waals surface area contributed by atoms with Gasteiger partial charge in [0.2, 0.25) is 5.91 Å². The lowest BCUT2D eigenvalue weighted by Crippen LogP contribution is -2.33. The Bertz CT molecular complexity index is 392. The van der Waals surface area contributed by atoms with E-state index in [1.807, 2.05) is 6.92 Å². The molecule has 0 aliphatic rings. The molecule has 0 saturated carbocycles. The summed E-state index contributed by atoms with van der Waals surface area (Å²) in [5.74, 6) is -0.302. The van der Waals surface area contributed by atoms with Gasteiger partial charge in [0.05, 0.1) is 6.54 Å². The van der Waals surface area contributed by atoms with Crippen LogP contribution in [-0.4, -0.2) is 29.9 Å². The molecule has 86 valence electrons. The number of rotatable bonds is 5. The van der Waals surface area contributed by atoms with Crippen molar-refractivity contribution in [2.45, 2.75) is 6.92 Å². The molecule has 0 bridgehead atoms. The summed E-state index contributed by atoms with van der Waals surface area (Å²) in [6, 6.07) is 3.18. The smallest absolute Gasteiger partial charge is 0.251 e. The second kappa shape index (κ2) is 5.69. The number of nitrogens with zero attached hydrogens (tertiary/aromatic N) is 1. The average Bonchev–Trinajstić information content (AvgIpc) is 2.26. The summed E-state index contributed by atoms with van der Waals surface area (Å²) in [4.78, 5) is 26.0. The molecule has 16 heavy (non-hydrogen) atoms. The van der Waals surface area contributed by atoms with Gasteiger partial charge in [0.15, 0.2) is 0 Å². The molecular formula is C10H14N4O2. The molecule has 0 radical (unpaired) electrons. The lowest BCUT2D eigenvalue weighted by atomic mass is 10.2. The second-order valence-corrected chi connectivity index (χ2v) is 3.11. The highest BCUT2D eigenvalue weighted by atomic mass is 16.2. The van der Waals surface area contributed by atoms with Crippen LogP contribution in [0.1, 0.15) is 17.3 Å². The van der Waals surface area contributed by atoms with Crippen LogP contribution in [0, 0.1) is 0 Å². The van der Waals surface area contributed by atoms with E-state index in [9.17, 15) is 9.59 Å². The maximum absolute atomic E-state index is 11.5. The minimum atomic E-state index is -0.575. The molecule has 1 rings (SSSR count). The van der Waals surface area contributed by atoms with Gasteiger partial charge in [-0.2, -0.15) is 0 Å². The molecule has 0 atom stereocenters. The lowest BCUT2D eigenvalue weighted by Gasteiger charge is -2.05. The van der Waals surface area contributed by atoms with Crippen LogP contribution < -0.4 is 16.4 Å². The Morgan fingerprint density at radius 1 is 1.50 bits per heavy atom. The number of amides is 2. The Morgan fingerprint density at radius 2 is 2.25 bits per heavy atom. The Labute approximate surface area is 93.2 Å². The largest absolute Gasteiger partial charge is 0.370 e. The summed E-state index contributed by atoms with van der Waals surface area (Å²) >= 11 is 0. The van der Waals surface area contributed by atoms with Gasteiger partial charge in [-0.3, -0.25) is 9.59 Å². The van der Waals surface area contributed by atoms with Crippen LogP contribution in [0.3, 0.4) is 0 Å². The number of primary amides is 1. The minimum absolute atomic E-state index is 0.169. The Balaban J connectivity index is 2.67. The SMILES string of the molecule is CCNc1cc(C(=O)NCC(N)=O)ccn1. The van der Waals surface area contributed by atoms with Gasteiger partial charge in [-0.25, -0.2) is 4.98 Å². The van der Waals surface area contributed by atoms with Gasteiger partial charge in [-0.1, -0.05) is 0 Å². The molecule has 0 aliphatic carbocycles. The molecule has 6 heteroatoms. The van der Waals surface area contributed by atoms with Gasteiger partial charge >= 0.3 is 0 Å². The van der Waals surface area contributed by atoms with Crippen LogP contribution in [0.2, 0.25) is 0 Å². The van der Waals surface area contributed by atoms with E-state index in [0.717, 1.165) is 6.54 Å². The van der Waals surface area contributed by atoms with Crippen molar-refractivity contribution in [3.63, 3.8) is 0 Å². The summed E-state index contributed by atoms with van der Waals surface area (Å²) < 4.78 is 0. The number of hydrogen-bond donors (Lipinski definition) is 3. The van der Waals surface area contributed by atoms with E-state index >= 15 is 0 Å². The predicted molar refractivity (Wildman–Crippen MR) is 59.9 cm³/mol. The monoisotopic (exact) mass is 222 g/mol. The van der Waals surface area contributed by atoms with E-state index in [1.54, 1.807) is 12.1 Å². The molecule has 0 aliphatic heterocycles. The van der Waals surface area contributed by atoms with Crippen LogP contribution in [-0.2, 0) is 4.79 Å². The highest BCUT2D eigenvalue weighted by molar-refractivity contribution is 5.96. The van der Waals surface area contributed by atoms with Gasteiger partial charge in [0.25, 0.3) is 5.91 Å². The van der Waals surface area contributed by atoms with Crippen LogP contribution >= 0.6 is 0 Å². The van der Waals surface area contributed by atoms with E-state index in [2.05, 4.69) is 15.6 Å². The number of nitrogens with two attached hydrogens (primary N) is 1. The molecule has 1 aromatic rings. The molecule has 0 fully saturated rings. The van der Waals surface area contributed by atoms with Crippen LogP contribution in [0.15, 0.2) is 18.3 Å². The van der Waals surface area contributed by atoms with Crippen LogP contribution in [0.5, 0.6) is 0 Å². The van der Waals surface area contributed by atoms with Gasteiger partial charge in [-0.05, 0) is 19.1 Å². The van der Waals surface area contributed by atoms with Crippen molar-refractivity contribution in [1.29, 1.82) is 0 Å². The van der Waals surface area contributed by atoms with Crippen LogP contribution in [0.25, 0.3) is 0 Å². The highest BCUT2D eigenvalue weighted by Gasteiger charge is 2.06. The number of nitrogens with one attached hydrogen (secondary N) is 2. The van der Waals surface area contributed by atoms with E-state index in [1.165, 1.54) is 6.20 Å². The molecule has 6 nitrogen and oxygen atoms in total. The fourth-order valence-corrected chi connectivity index (χ4v) is 1.12. The number of anilines is 1. The fraction of sp³-hybridized carbons (Fsp3) is 0.300. The number of carbonyl (C=O) groups is 2. The van der Waals surface area contributed by atoms with E-state index < -0.39 is 5.91 Å². The molecular weight excluding hydrogens is 208 g/mol. The van der Waals surface area contributed by atoms with Gasteiger partial charge in [0, 0.05) is 18.3 Å². The summed E-state index contributed by atoms with van der Waals surface area (Å²) in [6.07, 6.45) is 1.52. The standard InChI is InChI=1S/C10H14N4O2/c1-2-12-9-5-7(3-4-13-9)10(16)14-6-8(11)15/h3-5H,2,6H2,1H3,(H2,11,15)(H,12,13)(H,14,16). The summed E-state index contributed by atoms with van der Waals surface area (Å²) in [5.41, 5.74) is 5.36. The zero-order chi connectivity index (χ0) is 12.0. The van der Waals surface area contributed by atoms with Crippen molar-refractivity contribution < 1.29 is 9.59 Å². The molecule has 0 saturated heterocycles. The predicted octanol–water partition coefficient (Wildman–Crippen LogP) is -0.271. The number of carbonyl (C=O) groups excluding carboxylic acids is 2. The van der Waals surface area contributed by atoms with Crippen LogP contribution in [0.4, 0.5) is 5.82 Å². The molecule has 0 aromatic carbocycles. The van der Waals surface area contributed by atoms with Gasteiger partial charge in [-0.15, -0.1) is 0 Å². The third kappa shape index (κ3) is 3.56. The zero-order valence-corrected chi connectivity index (χ0v) is 8.99. The molecule has 4 N–H and O–H groups in total. The molecule has 1 aromatic heterocycles. The van der Waals surface area contributed by atoms with Crippen molar-refractivity contribution in [3.05, 3.63) is 23.9 Å². The third-order valence-corrected chi connectivity index (χ3v) is 1.80. The highest BCUT2D eigenvalue weighted by Crippen LogP contribution is 2.05. The summed E-state index contributed by atoms with van der Waals surface area (Å²) in [5, 5.41) is 5.38. The van der Waals surface area contributed by atoms with Crippen molar-refractivity contribution in [2.75, 3.05) is 18.4 Å². The normalized spacial score (nSPS) is 9.56. The quantitative estimate of drug-likeness (QED) is 0.638. The van der Waals surface area contributed by atoms with E-state index in [-0.39, 0.29) is 12.5 Å². The first kappa shape index (κ1) is 12.0. The van der Waals surface area contributed by atoms with E-state index in [4.69, 9.17) is 5.73 Å². The minimum Gasteiger partial charge on any atom is -0.370 e. The maximum Gasteiger partial charge on any atom is 0.251 e. The summed E-state index contributed by atoms with van der Waals surface area (Å²) in [7, 11) is 0. The fourth-order valence-electron chi connectivity index (χ4n) is 1.12. The first-order valence-electron chi connectivity index (χ1n) is 4.90. The number of hydrogen-bond acceptors (Lipinski definition) is 4. The molecule has 0 spiro atoms. The molecule has 1 heterocycles. The number of aromatic nitrogens is 1. The Hall–Kier alpha value is -2.11. The molecule has 2 amide bonds. The molecule has 0 unspecified atom stereocenters. The first-order chi connectivity index (χ1) is 7.63. The van der Waals surface area contributed by atoms with Crippen molar-refractivity contribution in [1.82, 2.24) is 10.3 Å². The first-order valence-corrected chi connectivity index (χ1v) is 4.90. The summed E-state index contributed by atoms with van der Waals surface area (Å²) in [6.45, 7) is 2.48. The Morgan fingerprint density at radius 3 is 2.88 bits per heavy atom. The zero-order valence-electron chi connectivity index (χ0n) is 8.99. The number of pyridine rings is 1. The van der Waals surface area contributed by atoms with Crippen molar-refractivity contribution >= 4 is 17.6 Å². The maximum atomic E-state index is 11.5. The average molecular weight is 222 g/mol. The van der Waals surface area contributed by atoms with Gasteiger partial charge in [0.1, 0.15) is 5.82 Å². The topological polar surface area (TPSA) is 97.1 Å². The van der Waals surface area contributed by atoms with Crippen molar-refractivity contribution in [3.8, 4) is 0 Å². The second-order valence-electron chi connectivity index (χ2n) is 3.11. The lowest BCUT2D eigenvalue weighted by molar-refractivity contribution is -0.117. The third-order valence-electron chi connectivity index (χ3n) is 1.80. The van der Waals surface area contributed by atoms with E-state index in [0.29, 0.717) is 11.4 Å². The Kier molecular flexibility index (Phi) is 4.26. The van der Waals surface area contributed by atoms with Crippen molar-refractivity contribution in [2.24, 2.45) is 5.73 Å². The van der Waals surface area contributed by atoms with Gasteiger partial charge < -0.3 is 16.4 Å².